The summed E-state index contributed by atoms with van der Waals surface area (Å²) in [5.74, 6) is -0.0967. The molecule has 1 amide bonds. The number of nitrogens with two attached hydrogens (primary N) is 1. The van der Waals surface area contributed by atoms with Gasteiger partial charge in [0.1, 0.15) is 0 Å². The third-order valence-electron chi connectivity index (χ3n) is 2.39. The number of aromatic nitrogens is 2. The third kappa shape index (κ3) is 3.07. The van der Waals surface area contributed by atoms with Gasteiger partial charge in [-0.25, -0.2) is 4.98 Å². The fourth-order valence-corrected chi connectivity index (χ4v) is 1.47. The van der Waals surface area contributed by atoms with Crippen molar-refractivity contribution in [1.82, 2.24) is 15.3 Å². The minimum absolute atomic E-state index is 0.0967. The molecular weight excluding hydrogens is 216 g/mol. The second kappa shape index (κ2) is 5.16. The molecule has 5 nitrogen and oxygen atoms in total. The Kier molecular flexibility index (Phi) is 3.40. The van der Waals surface area contributed by atoms with Gasteiger partial charge in [0.15, 0.2) is 0 Å². The number of rotatable bonds is 4. The number of nitrogens with zero attached hydrogens (tertiary/aromatic N) is 1. The molecule has 88 valence electrons. The molecule has 0 aliphatic carbocycles. The monoisotopic (exact) mass is 230 g/mol. The lowest BCUT2D eigenvalue weighted by Crippen LogP contribution is -2.25. The van der Waals surface area contributed by atoms with Crippen molar-refractivity contribution in [2.75, 3.05) is 12.3 Å². The third-order valence-corrected chi connectivity index (χ3v) is 2.39. The molecule has 5 heteroatoms. The smallest absolute Gasteiger partial charge is 0.251 e. The lowest BCUT2D eigenvalue weighted by atomic mass is 10.2. The summed E-state index contributed by atoms with van der Waals surface area (Å²) < 4.78 is 0. The molecule has 0 radical (unpaired) electrons. The summed E-state index contributed by atoms with van der Waals surface area (Å²) >= 11 is 0. The molecule has 17 heavy (non-hydrogen) atoms. The van der Waals surface area contributed by atoms with Gasteiger partial charge in [-0.1, -0.05) is 0 Å². The van der Waals surface area contributed by atoms with Crippen LogP contribution in [-0.2, 0) is 6.42 Å². The number of carbonyl (C=O) groups is 1. The van der Waals surface area contributed by atoms with Crippen LogP contribution in [0.5, 0.6) is 0 Å². The summed E-state index contributed by atoms with van der Waals surface area (Å²) in [7, 11) is 0. The van der Waals surface area contributed by atoms with Gasteiger partial charge in [0.25, 0.3) is 5.91 Å². The van der Waals surface area contributed by atoms with Gasteiger partial charge in [0.05, 0.1) is 12.0 Å². The molecule has 0 spiro atoms. The molecule has 0 fully saturated rings. The fourth-order valence-electron chi connectivity index (χ4n) is 1.47. The van der Waals surface area contributed by atoms with Gasteiger partial charge in [-0.3, -0.25) is 4.79 Å². The van der Waals surface area contributed by atoms with Crippen LogP contribution in [0.15, 0.2) is 36.8 Å². The van der Waals surface area contributed by atoms with E-state index < -0.39 is 0 Å². The standard InChI is InChI=1S/C12H14N4O/c13-10-3-1-9(2-4-10)12(17)15-6-5-11-7-14-8-16-11/h1-4,7-8H,5-6,13H2,(H,14,16)(H,15,17). The Morgan fingerprint density at radius 1 is 1.35 bits per heavy atom. The number of anilines is 1. The average Bonchev–Trinajstić information content (AvgIpc) is 2.83. The van der Waals surface area contributed by atoms with Crippen LogP contribution in [0.4, 0.5) is 5.69 Å². The summed E-state index contributed by atoms with van der Waals surface area (Å²) in [5.41, 5.74) is 7.74. The number of H-pyrrole nitrogens is 1. The van der Waals surface area contributed by atoms with Gasteiger partial charge in [-0.15, -0.1) is 0 Å². The number of amides is 1. The Labute approximate surface area is 99.1 Å². The molecule has 1 aromatic carbocycles. The van der Waals surface area contributed by atoms with Gasteiger partial charge < -0.3 is 16.0 Å². The zero-order valence-corrected chi connectivity index (χ0v) is 9.31. The highest BCUT2D eigenvalue weighted by Gasteiger charge is 2.04. The van der Waals surface area contributed by atoms with E-state index in [1.165, 1.54) is 0 Å². The van der Waals surface area contributed by atoms with E-state index in [0.29, 0.717) is 24.2 Å². The molecule has 2 rings (SSSR count). The van der Waals surface area contributed by atoms with Gasteiger partial charge in [0, 0.05) is 30.4 Å². The van der Waals surface area contributed by atoms with E-state index in [4.69, 9.17) is 5.73 Å². The second-order valence-corrected chi connectivity index (χ2v) is 3.69. The molecule has 0 atom stereocenters. The minimum atomic E-state index is -0.0967. The zero-order valence-electron chi connectivity index (χ0n) is 9.31. The summed E-state index contributed by atoms with van der Waals surface area (Å²) in [5, 5.41) is 2.82. The molecule has 0 saturated carbocycles. The minimum Gasteiger partial charge on any atom is -0.399 e. The number of nitrogens with one attached hydrogen (secondary N) is 2. The second-order valence-electron chi connectivity index (χ2n) is 3.69. The number of hydrogen-bond acceptors (Lipinski definition) is 3. The SMILES string of the molecule is Nc1ccc(C(=O)NCCc2c[nH]cn2)cc1. The number of hydrogen-bond donors (Lipinski definition) is 3. The van der Waals surface area contributed by atoms with Crippen molar-refractivity contribution in [2.45, 2.75) is 6.42 Å². The van der Waals surface area contributed by atoms with Crippen LogP contribution < -0.4 is 11.1 Å². The van der Waals surface area contributed by atoms with Crippen LogP contribution in [0.2, 0.25) is 0 Å². The number of carbonyl (C=O) groups excluding carboxylic acids is 1. The van der Waals surface area contributed by atoms with Crippen LogP contribution in [0, 0.1) is 0 Å². The Morgan fingerprint density at radius 2 is 2.12 bits per heavy atom. The molecule has 1 heterocycles. The van der Waals surface area contributed by atoms with Crippen LogP contribution in [0.1, 0.15) is 16.1 Å². The van der Waals surface area contributed by atoms with E-state index in [9.17, 15) is 4.79 Å². The van der Waals surface area contributed by atoms with Crippen molar-refractivity contribution in [1.29, 1.82) is 0 Å². The molecule has 0 saturated heterocycles. The Bertz CT molecular complexity index is 476. The van der Waals surface area contributed by atoms with E-state index in [-0.39, 0.29) is 5.91 Å². The van der Waals surface area contributed by atoms with E-state index >= 15 is 0 Å². The molecule has 2 aromatic rings. The number of aromatic amines is 1. The number of nitrogen functional groups attached to an aromatic ring is 1. The van der Waals surface area contributed by atoms with Crippen molar-refractivity contribution in [3.05, 3.63) is 48.0 Å². The average molecular weight is 230 g/mol. The molecule has 0 aliphatic rings. The van der Waals surface area contributed by atoms with Gasteiger partial charge in [-0.05, 0) is 24.3 Å². The van der Waals surface area contributed by atoms with Crippen LogP contribution in [0.25, 0.3) is 0 Å². The quantitative estimate of drug-likeness (QED) is 0.684. The Morgan fingerprint density at radius 3 is 2.76 bits per heavy atom. The van der Waals surface area contributed by atoms with Gasteiger partial charge >= 0.3 is 0 Å². The van der Waals surface area contributed by atoms with Crippen molar-refractivity contribution in [3.63, 3.8) is 0 Å². The predicted octanol–water partition coefficient (Wildman–Crippen LogP) is 0.964. The number of benzene rings is 1. The number of imidazole rings is 1. The topological polar surface area (TPSA) is 83.8 Å². The summed E-state index contributed by atoms with van der Waals surface area (Å²) in [6.45, 7) is 0.564. The highest BCUT2D eigenvalue weighted by atomic mass is 16.1. The predicted molar refractivity (Wildman–Crippen MR) is 65.5 cm³/mol. The van der Waals surface area contributed by atoms with Crippen LogP contribution >= 0.6 is 0 Å². The van der Waals surface area contributed by atoms with Crippen LogP contribution in [-0.4, -0.2) is 22.4 Å². The van der Waals surface area contributed by atoms with Gasteiger partial charge in [-0.2, -0.15) is 0 Å². The first kappa shape index (κ1) is 11.2. The maximum absolute atomic E-state index is 11.7. The van der Waals surface area contributed by atoms with Gasteiger partial charge in [0.2, 0.25) is 0 Å². The Hall–Kier alpha value is -2.30. The van der Waals surface area contributed by atoms with Crippen LogP contribution in [0.3, 0.4) is 0 Å². The van der Waals surface area contributed by atoms with Crippen molar-refractivity contribution in [3.8, 4) is 0 Å². The zero-order chi connectivity index (χ0) is 12.1. The van der Waals surface area contributed by atoms with Crippen molar-refractivity contribution >= 4 is 11.6 Å². The maximum atomic E-state index is 11.7. The molecular formula is C12H14N4O. The van der Waals surface area contributed by atoms with E-state index in [2.05, 4.69) is 15.3 Å². The maximum Gasteiger partial charge on any atom is 0.251 e. The van der Waals surface area contributed by atoms with E-state index in [0.717, 1.165) is 5.69 Å². The van der Waals surface area contributed by atoms with Crippen molar-refractivity contribution < 1.29 is 4.79 Å². The highest BCUT2D eigenvalue weighted by molar-refractivity contribution is 5.94. The summed E-state index contributed by atoms with van der Waals surface area (Å²) in [6, 6.07) is 6.84. The fraction of sp³-hybridized carbons (Fsp3) is 0.167. The molecule has 0 unspecified atom stereocenters. The first-order valence-corrected chi connectivity index (χ1v) is 5.37. The lowest BCUT2D eigenvalue weighted by molar-refractivity contribution is 0.0954. The largest absolute Gasteiger partial charge is 0.399 e. The Balaban J connectivity index is 1.83. The lowest BCUT2D eigenvalue weighted by Gasteiger charge is -2.04. The molecule has 0 aliphatic heterocycles. The molecule has 0 bridgehead atoms. The van der Waals surface area contributed by atoms with E-state index in [1.807, 2.05) is 6.20 Å². The highest BCUT2D eigenvalue weighted by Crippen LogP contribution is 2.05. The summed E-state index contributed by atoms with van der Waals surface area (Å²) in [4.78, 5) is 18.6. The molecule has 4 N–H and O–H groups in total. The normalized spacial score (nSPS) is 10.1. The first-order chi connectivity index (χ1) is 8.25. The first-order valence-electron chi connectivity index (χ1n) is 5.37. The van der Waals surface area contributed by atoms with E-state index in [1.54, 1.807) is 30.6 Å². The van der Waals surface area contributed by atoms with Crippen molar-refractivity contribution in [2.24, 2.45) is 0 Å². The molecule has 1 aromatic heterocycles. The summed E-state index contributed by atoms with van der Waals surface area (Å²) in [6.07, 6.45) is 4.15.